The lowest BCUT2D eigenvalue weighted by molar-refractivity contribution is -0.964. The number of nitrogens with one attached hydrogen (secondary N) is 1. The van der Waals surface area contributed by atoms with Crippen molar-refractivity contribution < 1.29 is 19.4 Å². The maximum Gasteiger partial charge on any atom is 0.349 e. The molecule has 1 aromatic carbocycles. The van der Waals surface area contributed by atoms with Crippen LogP contribution in [-0.4, -0.2) is 22.1 Å². The van der Waals surface area contributed by atoms with Crippen molar-refractivity contribution >= 4 is 5.71 Å². The van der Waals surface area contributed by atoms with Crippen LogP contribution >= 0.6 is 0 Å². The third-order valence-electron chi connectivity index (χ3n) is 2.04. The number of benzene rings is 1. The first-order valence-electron chi connectivity index (χ1n) is 4.18. The van der Waals surface area contributed by atoms with Crippen molar-refractivity contribution in [2.45, 2.75) is 13.2 Å². The van der Waals surface area contributed by atoms with Crippen molar-refractivity contribution in [3.63, 3.8) is 0 Å². The topological polar surface area (TPSA) is 44.5 Å². The van der Waals surface area contributed by atoms with Crippen LogP contribution in [0.1, 0.15) is 11.1 Å². The lowest BCUT2D eigenvalue weighted by Gasteiger charge is -1.95. The van der Waals surface area contributed by atoms with E-state index in [0.29, 0.717) is 10.5 Å². The smallest absolute Gasteiger partial charge is 0.243 e. The van der Waals surface area contributed by atoms with E-state index in [1.165, 1.54) is 0 Å². The molecule has 0 spiro atoms. The molecule has 5 heteroatoms. The van der Waals surface area contributed by atoms with Crippen LogP contribution in [0.15, 0.2) is 24.3 Å². The average molecular weight is 197 g/mol. The zero-order chi connectivity index (χ0) is 10.1. The number of hydrogen-bond donors (Lipinski definition) is 2. The summed E-state index contributed by atoms with van der Waals surface area (Å²) in [7, 11) is 0. The molecule has 0 radical (unpaired) electrons. The lowest BCUT2D eigenvalue weighted by Crippen LogP contribution is -2.25. The van der Waals surface area contributed by atoms with Gasteiger partial charge in [0.15, 0.2) is 0 Å². The van der Waals surface area contributed by atoms with E-state index < -0.39 is 6.30 Å². The zero-order valence-electron chi connectivity index (χ0n) is 7.57. The van der Waals surface area contributed by atoms with Crippen LogP contribution < -0.4 is 5.48 Å². The van der Waals surface area contributed by atoms with Gasteiger partial charge in [-0.05, 0) is 24.5 Å². The van der Waals surface area contributed by atoms with Gasteiger partial charge in [0.05, 0.1) is 5.56 Å². The van der Waals surface area contributed by atoms with E-state index in [1.54, 1.807) is 12.1 Å². The molecule has 0 bridgehead atoms. The molecule has 1 aliphatic heterocycles. The predicted octanol–water partition coefficient (Wildman–Crippen LogP) is 0.931. The molecule has 0 saturated heterocycles. The van der Waals surface area contributed by atoms with Crippen LogP contribution in [-0.2, 0) is 4.94 Å². The van der Waals surface area contributed by atoms with E-state index in [1.807, 2.05) is 24.5 Å². The third kappa shape index (κ3) is 1.42. The minimum Gasteiger partial charge on any atom is -0.243 e. The molecule has 0 aliphatic carbocycles. The molecule has 0 aromatic heterocycles. The van der Waals surface area contributed by atoms with Crippen molar-refractivity contribution in [3.05, 3.63) is 35.4 Å². The molecule has 1 aliphatic rings. The molecule has 74 valence electrons. The number of halogens is 1. The first-order chi connectivity index (χ1) is 6.68. The molecular weight excluding hydrogens is 187 g/mol. The van der Waals surface area contributed by atoms with Crippen molar-refractivity contribution in [3.8, 4) is 0 Å². The molecular formula is C9H10FN2O2+. The Hall–Kier alpha value is -1.62. The second-order valence-electron chi connectivity index (χ2n) is 3.10. The Morgan fingerprint density at radius 1 is 1.43 bits per heavy atom. The number of aryl methyl sites for hydroxylation is 1. The van der Waals surface area contributed by atoms with Crippen LogP contribution in [0.2, 0.25) is 0 Å². The quantitative estimate of drug-likeness (QED) is 0.520. The summed E-state index contributed by atoms with van der Waals surface area (Å²) in [6, 6.07) is 7.11. The summed E-state index contributed by atoms with van der Waals surface area (Å²) >= 11 is 0. The van der Waals surface area contributed by atoms with Gasteiger partial charge in [-0.1, -0.05) is 17.7 Å². The first kappa shape index (κ1) is 8.96. The maximum absolute atomic E-state index is 13.1. The number of nitrogens with zero attached hydrogens (tertiary/aromatic N) is 1. The van der Waals surface area contributed by atoms with Crippen molar-refractivity contribution in [1.29, 1.82) is 0 Å². The number of hydroxylamine groups is 1. The van der Waals surface area contributed by atoms with Gasteiger partial charge >= 0.3 is 5.71 Å². The van der Waals surface area contributed by atoms with Crippen LogP contribution in [0.25, 0.3) is 0 Å². The Balaban J connectivity index is 2.39. The largest absolute Gasteiger partial charge is 0.349 e. The lowest BCUT2D eigenvalue weighted by atomic mass is 10.1. The Morgan fingerprint density at radius 2 is 2.07 bits per heavy atom. The molecule has 2 rings (SSSR count). The van der Waals surface area contributed by atoms with Gasteiger partial charge in [-0.25, -0.2) is 9.60 Å². The highest BCUT2D eigenvalue weighted by molar-refractivity contribution is 5.99. The molecule has 0 amide bonds. The van der Waals surface area contributed by atoms with Crippen LogP contribution in [0.3, 0.4) is 0 Å². The van der Waals surface area contributed by atoms with Crippen molar-refractivity contribution in [2.75, 3.05) is 0 Å². The van der Waals surface area contributed by atoms with Gasteiger partial charge in [-0.3, -0.25) is 0 Å². The molecule has 14 heavy (non-hydrogen) atoms. The minimum atomic E-state index is -1.51. The molecule has 4 nitrogen and oxygen atoms in total. The van der Waals surface area contributed by atoms with Crippen LogP contribution in [0.5, 0.6) is 0 Å². The molecule has 1 heterocycles. The highest BCUT2D eigenvalue weighted by atomic mass is 19.1. The molecule has 1 aromatic rings. The Kier molecular flexibility index (Phi) is 2.09. The fraction of sp³-hybridized carbons (Fsp3) is 0.222. The third-order valence-corrected chi connectivity index (χ3v) is 2.04. The molecule has 0 fully saturated rings. The van der Waals surface area contributed by atoms with E-state index in [4.69, 9.17) is 5.21 Å². The SMILES string of the molecule is Cc1ccc(C2=[N+](O)ONC2F)cc1. The Morgan fingerprint density at radius 3 is 2.57 bits per heavy atom. The average Bonchev–Trinajstić information content (AvgIpc) is 2.49. The second-order valence-corrected chi connectivity index (χ2v) is 3.10. The fourth-order valence-corrected chi connectivity index (χ4v) is 1.28. The van der Waals surface area contributed by atoms with E-state index in [9.17, 15) is 4.39 Å². The van der Waals surface area contributed by atoms with Gasteiger partial charge in [-0.15, -0.1) is 4.94 Å². The van der Waals surface area contributed by atoms with Gasteiger partial charge in [0, 0.05) is 0 Å². The molecule has 2 N–H and O–H groups in total. The summed E-state index contributed by atoms with van der Waals surface area (Å²) in [6.07, 6.45) is -1.51. The first-order valence-corrected chi connectivity index (χ1v) is 4.18. The number of rotatable bonds is 1. The summed E-state index contributed by atoms with van der Waals surface area (Å²) in [4.78, 5) is 4.79. The van der Waals surface area contributed by atoms with Crippen molar-refractivity contribution in [1.82, 2.24) is 5.48 Å². The van der Waals surface area contributed by atoms with Gasteiger partial charge in [0.1, 0.15) is 0 Å². The summed E-state index contributed by atoms with van der Waals surface area (Å²) in [5.74, 6) is 0. The predicted molar refractivity (Wildman–Crippen MR) is 46.5 cm³/mol. The van der Waals surface area contributed by atoms with Gasteiger partial charge < -0.3 is 0 Å². The highest BCUT2D eigenvalue weighted by Gasteiger charge is 2.38. The summed E-state index contributed by atoms with van der Waals surface area (Å²) in [6.45, 7) is 1.93. The summed E-state index contributed by atoms with van der Waals surface area (Å²) in [5, 5.41) is 9.15. The van der Waals surface area contributed by atoms with E-state index >= 15 is 0 Å². The molecule has 1 atom stereocenters. The van der Waals surface area contributed by atoms with E-state index in [2.05, 4.69) is 4.94 Å². The summed E-state index contributed by atoms with van der Waals surface area (Å²) in [5.41, 5.74) is 3.71. The number of hydrogen-bond acceptors (Lipinski definition) is 3. The summed E-state index contributed by atoms with van der Waals surface area (Å²) < 4.78 is 13.1. The van der Waals surface area contributed by atoms with Crippen LogP contribution in [0.4, 0.5) is 4.39 Å². The standard InChI is InChI=1S/C9H10FN2O2/c1-6-2-4-7(5-3-6)8-9(10)11-14-12(8)13/h2-5,9,11,13H,1H3/q+1. The van der Waals surface area contributed by atoms with E-state index in [-0.39, 0.29) is 5.71 Å². The maximum atomic E-state index is 13.1. The fourth-order valence-electron chi connectivity index (χ4n) is 1.28. The van der Waals surface area contributed by atoms with Crippen molar-refractivity contribution in [2.24, 2.45) is 0 Å². The Labute approximate surface area is 80.1 Å². The van der Waals surface area contributed by atoms with Crippen LogP contribution in [0, 0.1) is 6.92 Å². The zero-order valence-corrected chi connectivity index (χ0v) is 7.57. The Bertz CT molecular complexity index is 375. The highest BCUT2D eigenvalue weighted by Crippen LogP contribution is 2.11. The van der Waals surface area contributed by atoms with E-state index in [0.717, 1.165) is 5.56 Å². The normalized spacial score (nSPS) is 21.1. The molecule has 1 unspecified atom stereocenters. The second kappa shape index (κ2) is 3.26. The van der Waals surface area contributed by atoms with Gasteiger partial charge in [-0.2, -0.15) is 0 Å². The number of alkyl halides is 1. The monoisotopic (exact) mass is 197 g/mol. The van der Waals surface area contributed by atoms with Gasteiger partial charge in [0.2, 0.25) is 4.90 Å². The van der Waals surface area contributed by atoms with Gasteiger partial charge in [0.25, 0.3) is 6.30 Å². The molecule has 0 saturated carbocycles. The minimum absolute atomic E-state index is 0.0602.